The van der Waals surface area contributed by atoms with Crippen molar-refractivity contribution in [2.24, 2.45) is 14.1 Å². The van der Waals surface area contributed by atoms with Crippen LogP contribution in [0.15, 0.2) is 20.7 Å². The van der Waals surface area contributed by atoms with Crippen molar-refractivity contribution in [1.29, 1.82) is 0 Å². The first-order valence-electron chi connectivity index (χ1n) is 11.7. The van der Waals surface area contributed by atoms with E-state index in [2.05, 4.69) is 27.3 Å². The first kappa shape index (κ1) is 25.7. The lowest BCUT2D eigenvalue weighted by Crippen LogP contribution is -2.39. The van der Waals surface area contributed by atoms with Crippen molar-refractivity contribution in [3.05, 3.63) is 38.4 Å². The summed E-state index contributed by atoms with van der Waals surface area (Å²) in [7, 11) is 3.22. The van der Waals surface area contributed by atoms with E-state index in [1.807, 2.05) is 13.8 Å². The maximum atomic E-state index is 13.1. The largest absolute Gasteiger partial charge is 0.332 e. The summed E-state index contributed by atoms with van der Waals surface area (Å²) in [6.07, 6.45) is 5.61. The zero-order chi connectivity index (χ0) is 24.8. The third-order valence-electron chi connectivity index (χ3n) is 5.51. The molecule has 3 aromatic heterocycles. The summed E-state index contributed by atoms with van der Waals surface area (Å²) in [5.74, 6) is 1.01. The van der Waals surface area contributed by atoms with Gasteiger partial charge in [-0.1, -0.05) is 44.9 Å². The first-order chi connectivity index (χ1) is 16.3. The molecule has 1 N–H and O–H groups in total. The van der Waals surface area contributed by atoms with Crippen LogP contribution in [0, 0.1) is 6.92 Å². The first-order valence-corrected chi connectivity index (χ1v) is 12.7. The minimum Gasteiger partial charge on any atom is -0.310 e. The van der Waals surface area contributed by atoms with E-state index < -0.39 is 11.2 Å². The lowest BCUT2D eigenvalue weighted by molar-refractivity contribution is -0.113. The molecule has 0 bridgehead atoms. The molecule has 0 spiro atoms. The molecule has 11 heteroatoms. The second-order valence-electron chi connectivity index (χ2n) is 8.38. The molecule has 0 unspecified atom stereocenters. The number of hydrogen-bond donors (Lipinski definition) is 1. The number of aryl methyl sites for hydroxylation is 4. The molecule has 0 fully saturated rings. The number of rotatable bonds is 11. The number of aromatic nitrogens is 6. The van der Waals surface area contributed by atoms with Gasteiger partial charge < -0.3 is 5.32 Å². The van der Waals surface area contributed by atoms with Crippen molar-refractivity contribution < 1.29 is 4.79 Å². The van der Waals surface area contributed by atoms with Gasteiger partial charge in [-0.3, -0.25) is 23.4 Å². The van der Waals surface area contributed by atoms with E-state index in [-0.39, 0.29) is 17.0 Å². The maximum Gasteiger partial charge on any atom is 0.332 e. The fourth-order valence-corrected chi connectivity index (χ4v) is 4.61. The van der Waals surface area contributed by atoms with Gasteiger partial charge in [0.15, 0.2) is 5.65 Å². The van der Waals surface area contributed by atoms with Gasteiger partial charge in [0.1, 0.15) is 22.1 Å². The van der Waals surface area contributed by atoms with Crippen molar-refractivity contribution in [3.63, 3.8) is 0 Å². The topological polar surface area (TPSA) is 117 Å². The highest BCUT2D eigenvalue weighted by atomic mass is 32.2. The molecule has 3 rings (SSSR count). The number of carbonyl (C=O) groups excluding carboxylic acids is 1. The Bertz CT molecular complexity index is 1290. The molecule has 0 aromatic carbocycles. The molecule has 10 nitrogen and oxygen atoms in total. The smallest absolute Gasteiger partial charge is 0.310 e. The van der Waals surface area contributed by atoms with Crippen LogP contribution in [0.2, 0.25) is 0 Å². The van der Waals surface area contributed by atoms with Crippen molar-refractivity contribution in [2.75, 3.05) is 11.1 Å². The standard InChI is InChI=1S/C23H33N7O3S/c1-6-8-9-10-11-16-24-20-19(22(32)28(4)23(33)30(20)12-7-2)21(25-16)34-14-18(31)26-17-13-15(3)27-29(17)5/h13H,6-12,14H2,1-5H3,(H,26,31). The van der Waals surface area contributed by atoms with E-state index in [9.17, 15) is 14.4 Å². The number of carbonyl (C=O) groups is 1. The molecule has 0 aliphatic carbocycles. The lowest BCUT2D eigenvalue weighted by Gasteiger charge is -2.14. The molecule has 3 heterocycles. The summed E-state index contributed by atoms with van der Waals surface area (Å²) in [4.78, 5) is 47.8. The zero-order valence-electron chi connectivity index (χ0n) is 20.6. The normalized spacial score (nSPS) is 11.3. The van der Waals surface area contributed by atoms with Crippen LogP contribution < -0.4 is 16.6 Å². The number of amides is 1. The number of anilines is 1. The Morgan fingerprint density at radius 2 is 1.85 bits per heavy atom. The molecule has 0 radical (unpaired) electrons. The summed E-state index contributed by atoms with van der Waals surface area (Å²) >= 11 is 1.18. The van der Waals surface area contributed by atoms with Gasteiger partial charge in [-0.25, -0.2) is 14.8 Å². The molecule has 0 aliphatic rings. The van der Waals surface area contributed by atoms with Crippen LogP contribution in [0.25, 0.3) is 11.0 Å². The number of nitrogens with one attached hydrogen (secondary N) is 1. The van der Waals surface area contributed by atoms with E-state index in [0.29, 0.717) is 35.3 Å². The van der Waals surface area contributed by atoms with Crippen molar-refractivity contribution in [3.8, 4) is 0 Å². The van der Waals surface area contributed by atoms with Crippen molar-refractivity contribution in [1.82, 2.24) is 28.9 Å². The van der Waals surface area contributed by atoms with E-state index in [1.54, 1.807) is 17.8 Å². The van der Waals surface area contributed by atoms with Gasteiger partial charge in [-0.2, -0.15) is 5.10 Å². The van der Waals surface area contributed by atoms with Crippen molar-refractivity contribution in [2.45, 2.75) is 70.9 Å². The highest BCUT2D eigenvalue weighted by Crippen LogP contribution is 2.24. The Hall–Kier alpha value is -2.95. The Balaban J connectivity index is 1.98. The molecule has 1 amide bonds. The van der Waals surface area contributed by atoms with Crippen LogP contribution in [-0.2, 0) is 31.9 Å². The summed E-state index contributed by atoms with van der Waals surface area (Å²) in [6, 6.07) is 1.79. The fraction of sp³-hybridized carbons (Fsp3) is 0.565. The minimum atomic E-state index is -0.449. The number of unbranched alkanes of at least 4 members (excludes halogenated alkanes) is 3. The summed E-state index contributed by atoms with van der Waals surface area (Å²) in [5, 5.41) is 7.78. The third-order valence-corrected chi connectivity index (χ3v) is 6.48. The zero-order valence-corrected chi connectivity index (χ0v) is 21.4. The van der Waals surface area contributed by atoms with Gasteiger partial charge in [0.25, 0.3) is 5.56 Å². The second kappa shape index (κ2) is 11.5. The maximum absolute atomic E-state index is 13.1. The third kappa shape index (κ3) is 5.75. The van der Waals surface area contributed by atoms with Gasteiger partial charge in [0.2, 0.25) is 5.91 Å². The second-order valence-corrected chi connectivity index (χ2v) is 9.35. The highest BCUT2D eigenvalue weighted by molar-refractivity contribution is 8.00. The molecule has 0 atom stereocenters. The Morgan fingerprint density at radius 3 is 2.50 bits per heavy atom. The van der Waals surface area contributed by atoms with E-state index in [4.69, 9.17) is 0 Å². The monoisotopic (exact) mass is 487 g/mol. The average Bonchev–Trinajstić information content (AvgIpc) is 3.12. The average molecular weight is 488 g/mol. The number of hydrogen-bond acceptors (Lipinski definition) is 7. The van der Waals surface area contributed by atoms with Crippen LogP contribution in [0.4, 0.5) is 5.82 Å². The van der Waals surface area contributed by atoms with Gasteiger partial charge in [-0.15, -0.1) is 0 Å². The van der Waals surface area contributed by atoms with Crippen LogP contribution >= 0.6 is 11.8 Å². The molecule has 0 saturated heterocycles. The molecule has 184 valence electrons. The lowest BCUT2D eigenvalue weighted by atomic mass is 10.1. The minimum absolute atomic E-state index is 0.0572. The molecular formula is C23H33N7O3S. The van der Waals surface area contributed by atoms with Gasteiger partial charge in [-0.05, 0) is 19.8 Å². The predicted molar refractivity (Wildman–Crippen MR) is 134 cm³/mol. The number of thioether (sulfide) groups is 1. The van der Waals surface area contributed by atoms with Gasteiger partial charge >= 0.3 is 5.69 Å². The van der Waals surface area contributed by atoms with E-state index in [1.165, 1.54) is 23.4 Å². The predicted octanol–water partition coefficient (Wildman–Crippen LogP) is 2.80. The summed E-state index contributed by atoms with van der Waals surface area (Å²) in [5.41, 5.74) is 0.309. The SMILES string of the molecule is CCCCCCc1nc(SCC(=O)Nc2cc(C)nn2C)c2c(=O)n(C)c(=O)n(CCC)c2n1. The van der Waals surface area contributed by atoms with E-state index >= 15 is 0 Å². The van der Waals surface area contributed by atoms with Crippen molar-refractivity contribution >= 4 is 34.5 Å². The fourth-order valence-electron chi connectivity index (χ4n) is 3.77. The molecular weight excluding hydrogens is 454 g/mol. The van der Waals surface area contributed by atoms with Crippen LogP contribution in [0.5, 0.6) is 0 Å². The van der Waals surface area contributed by atoms with Crippen LogP contribution in [0.3, 0.4) is 0 Å². The molecule has 0 aliphatic heterocycles. The Kier molecular flexibility index (Phi) is 8.65. The molecule has 34 heavy (non-hydrogen) atoms. The quantitative estimate of drug-likeness (QED) is 0.251. The highest BCUT2D eigenvalue weighted by Gasteiger charge is 2.19. The molecule has 3 aromatic rings. The number of fused-ring (bicyclic) bond motifs is 1. The van der Waals surface area contributed by atoms with Crippen LogP contribution in [-0.4, -0.2) is 40.5 Å². The Morgan fingerprint density at radius 1 is 1.09 bits per heavy atom. The summed E-state index contributed by atoms with van der Waals surface area (Å²) in [6.45, 7) is 6.42. The summed E-state index contributed by atoms with van der Waals surface area (Å²) < 4.78 is 4.23. The number of nitrogens with zero attached hydrogens (tertiary/aromatic N) is 6. The van der Waals surface area contributed by atoms with Crippen LogP contribution in [0.1, 0.15) is 57.5 Å². The van der Waals surface area contributed by atoms with Gasteiger partial charge in [0, 0.05) is 33.1 Å². The molecule has 0 saturated carbocycles. The van der Waals surface area contributed by atoms with E-state index in [0.717, 1.165) is 42.4 Å². The van der Waals surface area contributed by atoms with Gasteiger partial charge in [0.05, 0.1) is 11.4 Å². The Labute approximate surface area is 202 Å².